The van der Waals surface area contributed by atoms with Crippen LogP contribution in [-0.2, 0) is 24.5 Å². The maximum absolute atomic E-state index is 12.4. The van der Waals surface area contributed by atoms with Crippen molar-refractivity contribution in [2.75, 3.05) is 13.2 Å². The first-order valence-corrected chi connectivity index (χ1v) is 8.12. The lowest BCUT2D eigenvalue weighted by Crippen LogP contribution is -2.43. The van der Waals surface area contributed by atoms with Crippen molar-refractivity contribution in [1.82, 2.24) is 0 Å². The second kappa shape index (κ2) is 9.13. The van der Waals surface area contributed by atoms with E-state index in [1.165, 1.54) is 0 Å². The van der Waals surface area contributed by atoms with Crippen LogP contribution in [0.4, 0.5) is 0 Å². The second-order valence-electron chi connectivity index (χ2n) is 5.38. The van der Waals surface area contributed by atoms with Crippen LogP contribution < -0.4 is 0 Å². The predicted octanol–water partition coefficient (Wildman–Crippen LogP) is 3.88. The second-order valence-corrected chi connectivity index (χ2v) is 5.38. The molecule has 1 aromatic rings. The third-order valence-corrected chi connectivity index (χ3v) is 3.60. The topological polar surface area (TPSA) is 52.6 Å². The first-order chi connectivity index (χ1) is 11.0. The van der Waals surface area contributed by atoms with Crippen LogP contribution in [0.15, 0.2) is 30.3 Å². The molecular weight excluding hydrogens is 292 g/mol. The van der Waals surface area contributed by atoms with Gasteiger partial charge in [-0.3, -0.25) is 9.59 Å². The van der Waals surface area contributed by atoms with E-state index in [0.717, 1.165) is 18.4 Å². The van der Waals surface area contributed by atoms with Gasteiger partial charge in [0.2, 0.25) is 0 Å². The van der Waals surface area contributed by atoms with Gasteiger partial charge in [-0.1, -0.05) is 49.8 Å². The summed E-state index contributed by atoms with van der Waals surface area (Å²) in [6.07, 6.45) is 6.12. The Morgan fingerprint density at radius 3 is 2.22 bits per heavy atom. The standard InChI is InChI=1S/C19H26O4/c1-5-8-9-11-15-12-10-13-16(14-15)19(4,17(20)22-6-2)18(21)23-7-3/h9-14H,5-8H2,1-4H3/b11-9+. The third-order valence-electron chi connectivity index (χ3n) is 3.60. The molecule has 1 aromatic carbocycles. The molecule has 4 heteroatoms. The minimum Gasteiger partial charge on any atom is -0.465 e. The summed E-state index contributed by atoms with van der Waals surface area (Å²) in [6.45, 7) is 7.52. The zero-order valence-electron chi connectivity index (χ0n) is 14.4. The van der Waals surface area contributed by atoms with Crippen LogP contribution in [0.2, 0.25) is 0 Å². The van der Waals surface area contributed by atoms with Crippen LogP contribution in [0.5, 0.6) is 0 Å². The van der Waals surface area contributed by atoms with Gasteiger partial charge in [0.25, 0.3) is 0 Å². The van der Waals surface area contributed by atoms with Gasteiger partial charge >= 0.3 is 11.9 Å². The fourth-order valence-electron chi connectivity index (χ4n) is 2.21. The highest BCUT2D eigenvalue weighted by atomic mass is 16.6. The van der Waals surface area contributed by atoms with Crippen molar-refractivity contribution in [2.45, 2.75) is 46.0 Å². The highest BCUT2D eigenvalue weighted by Crippen LogP contribution is 2.28. The zero-order chi connectivity index (χ0) is 17.3. The Morgan fingerprint density at radius 1 is 1.09 bits per heavy atom. The summed E-state index contributed by atoms with van der Waals surface area (Å²) in [5, 5.41) is 0. The Bertz CT molecular complexity index is 542. The molecule has 0 atom stereocenters. The smallest absolute Gasteiger partial charge is 0.327 e. The average Bonchev–Trinajstić information content (AvgIpc) is 2.55. The van der Waals surface area contributed by atoms with Gasteiger partial charge in [-0.25, -0.2) is 0 Å². The van der Waals surface area contributed by atoms with Gasteiger partial charge in [0.15, 0.2) is 5.41 Å². The van der Waals surface area contributed by atoms with Crippen molar-refractivity contribution in [3.8, 4) is 0 Å². The van der Waals surface area contributed by atoms with Gasteiger partial charge < -0.3 is 9.47 Å². The van der Waals surface area contributed by atoms with Gasteiger partial charge in [-0.2, -0.15) is 0 Å². The molecule has 0 spiro atoms. The molecular formula is C19H26O4. The van der Waals surface area contributed by atoms with E-state index in [2.05, 4.69) is 13.0 Å². The van der Waals surface area contributed by atoms with E-state index in [4.69, 9.17) is 9.47 Å². The number of unbranched alkanes of at least 4 members (excludes halogenated alkanes) is 1. The Morgan fingerprint density at radius 2 is 1.70 bits per heavy atom. The molecule has 0 saturated heterocycles. The number of carbonyl (C=O) groups is 2. The molecule has 23 heavy (non-hydrogen) atoms. The number of carbonyl (C=O) groups excluding carboxylic acids is 2. The molecule has 0 aliphatic carbocycles. The normalized spacial score (nSPS) is 11.5. The summed E-state index contributed by atoms with van der Waals surface area (Å²) in [4.78, 5) is 24.8. The van der Waals surface area contributed by atoms with E-state index >= 15 is 0 Å². The quantitative estimate of drug-likeness (QED) is 0.539. The lowest BCUT2D eigenvalue weighted by molar-refractivity contribution is -0.163. The monoisotopic (exact) mass is 318 g/mol. The van der Waals surface area contributed by atoms with Crippen molar-refractivity contribution in [3.63, 3.8) is 0 Å². The molecule has 0 aliphatic rings. The summed E-state index contributed by atoms with van der Waals surface area (Å²) in [5.41, 5.74) is 0.0597. The van der Waals surface area contributed by atoms with Crippen molar-refractivity contribution < 1.29 is 19.1 Å². The number of benzene rings is 1. The molecule has 0 amide bonds. The third kappa shape index (κ3) is 4.68. The highest BCUT2D eigenvalue weighted by Gasteiger charge is 2.46. The number of hydrogen-bond acceptors (Lipinski definition) is 4. The van der Waals surface area contributed by atoms with E-state index in [9.17, 15) is 9.59 Å². The number of rotatable bonds is 8. The number of ether oxygens (including phenoxy) is 2. The van der Waals surface area contributed by atoms with Crippen LogP contribution in [0.25, 0.3) is 6.08 Å². The Kier molecular flexibility index (Phi) is 7.52. The number of esters is 2. The van der Waals surface area contributed by atoms with Crippen LogP contribution >= 0.6 is 0 Å². The van der Waals surface area contributed by atoms with Crippen LogP contribution in [0.3, 0.4) is 0 Å². The lowest BCUT2D eigenvalue weighted by Gasteiger charge is -2.25. The fourth-order valence-corrected chi connectivity index (χ4v) is 2.21. The molecule has 0 bridgehead atoms. The summed E-state index contributed by atoms with van der Waals surface area (Å²) in [5.74, 6) is -1.18. The van der Waals surface area contributed by atoms with Gasteiger partial charge in [0, 0.05) is 0 Å². The maximum Gasteiger partial charge on any atom is 0.327 e. The molecule has 4 nitrogen and oxygen atoms in total. The van der Waals surface area contributed by atoms with Crippen molar-refractivity contribution in [1.29, 1.82) is 0 Å². The van der Waals surface area contributed by atoms with Gasteiger partial charge in [-0.15, -0.1) is 0 Å². The molecule has 0 unspecified atom stereocenters. The van der Waals surface area contributed by atoms with E-state index in [0.29, 0.717) is 5.56 Å². The highest BCUT2D eigenvalue weighted by molar-refractivity contribution is 6.06. The molecule has 126 valence electrons. The van der Waals surface area contributed by atoms with Gasteiger partial charge in [0.1, 0.15) is 0 Å². The van der Waals surface area contributed by atoms with Crippen LogP contribution in [-0.4, -0.2) is 25.2 Å². The Hall–Kier alpha value is -2.10. The van der Waals surface area contributed by atoms with E-state index in [1.54, 1.807) is 26.8 Å². The maximum atomic E-state index is 12.4. The summed E-state index contributed by atoms with van der Waals surface area (Å²) in [6, 6.07) is 7.36. The van der Waals surface area contributed by atoms with Crippen molar-refractivity contribution in [3.05, 3.63) is 41.5 Å². The van der Waals surface area contributed by atoms with Crippen LogP contribution in [0, 0.1) is 0 Å². The predicted molar refractivity (Wildman–Crippen MR) is 91.0 cm³/mol. The average molecular weight is 318 g/mol. The van der Waals surface area contributed by atoms with E-state index < -0.39 is 17.4 Å². The number of allylic oxidation sites excluding steroid dienone is 1. The number of hydrogen-bond donors (Lipinski definition) is 0. The minimum atomic E-state index is -1.46. The first kappa shape index (κ1) is 18.9. The van der Waals surface area contributed by atoms with Crippen molar-refractivity contribution >= 4 is 18.0 Å². The Labute approximate surface area is 138 Å². The molecule has 1 rings (SSSR count). The SMILES string of the molecule is CCC/C=C/c1cccc(C(C)(C(=O)OCC)C(=O)OCC)c1. The molecule has 0 radical (unpaired) electrons. The van der Waals surface area contributed by atoms with Crippen molar-refractivity contribution in [2.24, 2.45) is 0 Å². The summed E-state index contributed by atoms with van der Waals surface area (Å²) >= 11 is 0. The molecule has 0 aliphatic heterocycles. The molecule has 0 fully saturated rings. The van der Waals surface area contributed by atoms with E-state index in [-0.39, 0.29) is 13.2 Å². The summed E-state index contributed by atoms with van der Waals surface area (Å²) < 4.78 is 10.2. The molecule has 0 N–H and O–H groups in total. The van der Waals surface area contributed by atoms with Gasteiger partial charge in [-0.05, 0) is 38.3 Å². The molecule has 0 saturated carbocycles. The minimum absolute atomic E-state index is 0.212. The fraction of sp³-hybridized carbons (Fsp3) is 0.474. The Balaban J connectivity index is 3.23. The largest absolute Gasteiger partial charge is 0.465 e. The van der Waals surface area contributed by atoms with Gasteiger partial charge in [0.05, 0.1) is 13.2 Å². The molecule has 0 heterocycles. The zero-order valence-corrected chi connectivity index (χ0v) is 14.4. The van der Waals surface area contributed by atoms with E-state index in [1.807, 2.05) is 24.3 Å². The summed E-state index contributed by atoms with van der Waals surface area (Å²) in [7, 11) is 0. The first-order valence-electron chi connectivity index (χ1n) is 8.12. The van der Waals surface area contributed by atoms with Crippen LogP contribution in [0.1, 0.15) is 51.7 Å². The molecule has 0 aromatic heterocycles. The lowest BCUT2D eigenvalue weighted by atomic mass is 9.81.